The molecule has 11 heteroatoms. The molecule has 0 unspecified atom stereocenters. The lowest BCUT2D eigenvalue weighted by Crippen LogP contribution is -2.31. The number of benzene rings is 2. The second-order valence-corrected chi connectivity index (χ2v) is 8.77. The van der Waals surface area contributed by atoms with Gasteiger partial charge in [-0.05, 0) is 49.4 Å². The van der Waals surface area contributed by atoms with Crippen molar-refractivity contribution in [2.24, 2.45) is 0 Å². The molecule has 0 saturated carbocycles. The van der Waals surface area contributed by atoms with Crippen molar-refractivity contribution in [3.8, 4) is 0 Å². The van der Waals surface area contributed by atoms with Gasteiger partial charge in [0.15, 0.2) is 0 Å². The van der Waals surface area contributed by atoms with Gasteiger partial charge in [-0.25, -0.2) is 8.42 Å². The Morgan fingerprint density at radius 3 is 2.34 bits per heavy atom. The molecule has 0 aliphatic heterocycles. The van der Waals surface area contributed by atoms with E-state index in [9.17, 15) is 26.4 Å². The number of amides is 1. The van der Waals surface area contributed by atoms with E-state index < -0.39 is 27.8 Å². The maximum Gasteiger partial charge on any atom is 0.433 e. The third-order valence-electron chi connectivity index (χ3n) is 4.40. The third kappa shape index (κ3) is 5.03. The monoisotopic (exact) mass is 483 g/mol. The summed E-state index contributed by atoms with van der Waals surface area (Å²) in [6, 6.07) is 14.0. The Hall–Kier alpha value is -3.11. The molecule has 0 fully saturated rings. The zero-order valence-electron chi connectivity index (χ0n) is 16.6. The minimum atomic E-state index is -4.63. The Balaban J connectivity index is 1.89. The Kier molecular flexibility index (Phi) is 6.75. The molecule has 0 saturated heterocycles. The predicted molar refractivity (Wildman–Crippen MR) is 115 cm³/mol. The van der Waals surface area contributed by atoms with Crippen LogP contribution >= 0.6 is 11.6 Å². The van der Waals surface area contributed by atoms with Gasteiger partial charge in [-0.1, -0.05) is 29.8 Å². The average molecular weight is 484 g/mol. The Morgan fingerprint density at radius 2 is 1.78 bits per heavy atom. The molecule has 2 aromatic carbocycles. The number of hydrogen-bond acceptors (Lipinski definition) is 4. The molecule has 0 spiro atoms. The predicted octanol–water partition coefficient (Wildman–Crippen LogP) is 5.22. The number of alkyl halides is 3. The smallest absolute Gasteiger partial charge is 0.322 e. The van der Waals surface area contributed by atoms with Crippen LogP contribution in [0, 0.1) is 0 Å². The van der Waals surface area contributed by atoms with Crippen molar-refractivity contribution in [2.75, 3.05) is 16.2 Å². The molecule has 32 heavy (non-hydrogen) atoms. The van der Waals surface area contributed by atoms with Crippen LogP contribution in [0.4, 0.5) is 24.5 Å². The van der Waals surface area contributed by atoms with Crippen LogP contribution in [0.1, 0.15) is 23.0 Å². The van der Waals surface area contributed by atoms with Gasteiger partial charge in [0.25, 0.3) is 15.9 Å². The summed E-state index contributed by atoms with van der Waals surface area (Å²) in [6.45, 7) is 1.80. The van der Waals surface area contributed by atoms with Crippen LogP contribution in [0.3, 0.4) is 0 Å². The molecule has 0 atom stereocenters. The average Bonchev–Trinajstić information content (AvgIpc) is 2.75. The number of para-hydroxylation sites is 1. The second kappa shape index (κ2) is 9.17. The number of anilines is 2. The van der Waals surface area contributed by atoms with Crippen molar-refractivity contribution in [1.82, 2.24) is 4.98 Å². The van der Waals surface area contributed by atoms with Crippen molar-refractivity contribution in [3.05, 3.63) is 83.1 Å². The molecule has 3 rings (SSSR count). The van der Waals surface area contributed by atoms with E-state index >= 15 is 0 Å². The second-order valence-electron chi connectivity index (χ2n) is 6.53. The number of nitrogens with one attached hydrogen (secondary N) is 1. The summed E-state index contributed by atoms with van der Waals surface area (Å²) in [4.78, 5) is 15.4. The summed E-state index contributed by atoms with van der Waals surface area (Å²) in [6.07, 6.45) is -3.84. The molecule has 1 amide bonds. The van der Waals surface area contributed by atoms with Crippen LogP contribution in [0.5, 0.6) is 0 Å². The highest BCUT2D eigenvalue weighted by atomic mass is 35.5. The van der Waals surface area contributed by atoms with E-state index in [1.54, 1.807) is 37.3 Å². The first-order valence-electron chi connectivity index (χ1n) is 9.26. The van der Waals surface area contributed by atoms with Crippen molar-refractivity contribution < 1.29 is 26.4 Å². The standard InChI is InChI=1S/C21H17ClF3N3O3S/c1-2-28(16-6-4-3-5-7-16)32(30,31)18-12-15(9-10-17(18)22)27-20(29)14-8-11-19(26-13-14)21(23,24)25/h3-13H,2H2,1H3,(H,27,29). The van der Waals surface area contributed by atoms with Crippen molar-refractivity contribution in [3.63, 3.8) is 0 Å². The molecule has 0 aliphatic rings. The Labute approximate surface area is 187 Å². The van der Waals surface area contributed by atoms with Crippen molar-refractivity contribution >= 4 is 38.9 Å². The third-order valence-corrected chi connectivity index (χ3v) is 6.79. The largest absolute Gasteiger partial charge is 0.433 e. The fourth-order valence-electron chi connectivity index (χ4n) is 2.88. The molecular formula is C21H17ClF3N3O3S. The summed E-state index contributed by atoms with van der Waals surface area (Å²) < 4.78 is 65.6. The fourth-order valence-corrected chi connectivity index (χ4v) is 4.86. The number of nitrogens with zero attached hydrogens (tertiary/aromatic N) is 2. The summed E-state index contributed by atoms with van der Waals surface area (Å²) in [5.41, 5.74) is -0.718. The number of pyridine rings is 1. The molecule has 1 aromatic heterocycles. The van der Waals surface area contributed by atoms with Crippen LogP contribution in [-0.2, 0) is 16.2 Å². The van der Waals surface area contributed by atoms with E-state index in [1.165, 1.54) is 22.5 Å². The number of rotatable bonds is 6. The summed E-state index contributed by atoms with van der Waals surface area (Å²) in [5, 5.41) is 2.40. The highest BCUT2D eigenvalue weighted by Crippen LogP contribution is 2.31. The van der Waals surface area contributed by atoms with Gasteiger partial charge in [-0.3, -0.25) is 14.1 Å². The minimum Gasteiger partial charge on any atom is -0.322 e. The SMILES string of the molecule is CCN(c1ccccc1)S(=O)(=O)c1cc(NC(=O)c2ccc(C(F)(F)F)nc2)ccc1Cl. The van der Waals surface area contributed by atoms with Crippen LogP contribution in [0.2, 0.25) is 5.02 Å². The van der Waals surface area contributed by atoms with Crippen molar-refractivity contribution in [2.45, 2.75) is 18.0 Å². The number of aromatic nitrogens is 1. The zero-order chi connectivity index (χ0) is 23.5. The lowest BCUT2D eigenvalue weighted by atomic mass is 10.2. The quantitative estimate of drug-likeness (QED) is 0.521. The Bertz CT molecular complexity index is 1220. The van der Waals surface area contributed by atoms with Crippen molar-refractivity contribution in [1.29, 1.82) is 0 Å². The summed E-state index contributed by atoms with van der Waals surface area (Å²) >= 11 is 6.15. The van der Waals surface area contributed by atoms with Gasteiger partial charge in [0, 0.05) is 18.4 Å². The van der Waals surface area contributed by atoms with Gasteiger partial charge in [0.1, 0.15) is 10.6 Å². The summed E-state index contributed by atoms with van der Waals surface area (Å²) in [7, 11) is -4.07. The minimum absolute atomic E-state index is 0.0476. The van der Waals surface area contributed by atoms with Gasteiger partial charge in [-0.2, -0.15) is 13.2 Å². The van der Waals surface area contributed by atoms with Gasteiger partial charge in [0.05, 0.1) is 16.3 Å². The molecule has 0 bridgehead atoms. The van der Waals surface area contributed by atoms with E-state index in [0.29, 0.717) is 11.8 Å². The number of carbonyl (C=O) groups is 1. The molecule has 1 N–H and O–H groups in total. The molecule has 168 valence electrons. The highest BCUT2D eigenvalue weighted by Gasteiger charge is 2.32. The van der Waals surface area contributed by atoms with Crippen LogP contribution in [0.25, 0.3) is 0 Å². The van der Waals surface area contributed by atoms with Crippen LogP contribution in [0.15, 0.2) is 71.8 Å². The summed E-state index contributed by atoms with van der Waals surface area (Å²) in [5.74, 6) is -0.757. The number of carbonyl (C=O) groups excluding carboxylic acids is 1. The number of hydrogen-bond donors (Lipinski definition) is 1. The Morgan fingerprint density at radius 1 is 1.09 bits per heavy atom. The van der Waals surface area contributed by atoms with E-state index in [0.717, 1.165) is 12.3 Å². The molecule has 1 heterocycles. The first-order valence-corrected chi connectivity index (χ1v) is 11.1. The first kappa shape index (κ1) is 23.6. The number of halogens is 4. The molecule has 0 radical (unpaired) electrons. The van der Waals surface area contributed by atoms with Gasteiger partial charge >= 0.3 is 6.18 Å². The van der Waals surface area contributed by atoms with Crippen LogP contribution < -0.4 is 9.62 Å². The normalized spacial score (nSPS) is 11.8. The van der Waals surface area contributed by atoms with E-state index in [4.69, 9.17) is 11.6 Å². The van der Waals surface area contributed by atoms with E-state index in [-0.39, 0.29) is 27.7 Å². The van der Waals surface area contributed by atoms with E-state index in [2.05, 4.69) is 10.3 Å². The molecular weight excluding hydrogens is 467 g/mol. The maximum absolute atomic E-state index is 13.2. The molecule has 3 aromatic rings. The van der Waals surface area contributed by atoms with Gasteiger partial charge in [0.2, 0.25) is 0 Å². The van der Waals surface area contributed by atoms with Gasteiger partial charge in [-0.15, -0.1) is 0 Å². The van der Waals surface area contributed by atoms with Crippen LogP contribution in [-0.4, -0.2) is 25.9 Å². The molecule has 6 nitrogen and oxygen atoms in total. The van der Waals surface area contributed by atoms with Gasteiger partial charge < -0.3 is 5.32 Å². The molecule has 0 aliphatic carbocycles. The lowest BCUT2D eigenvalue weighted by molar-refractivity contribution is -0.141. The fraction of sp³-hybridized carbons (Fsp3) is 0.143. The van der Waals surface area contributed by atoms with E-state index in [1.807, 2.05) is 0 Å². The highest BCUT2D eigenvalue weighted by molar-refractivity contribution is 7.93. The number of sulfonamides is 1. The topological polar surface area (TPSA) is 79.4 Å². The first-order chi connectivity index (χ1) is 15.0. The zero-order valence-corrected chi connectivity index (χ0v) is 18.2. The maximum atomic E-state index is 13.2. The lowest BCUT2D eigenvalue weighted by Gasteiger charge is -2.23.